The second-order valence-electron chi connectivity index (χ2n) is 6.62. The lowest BCUT2D eigenvalue weighted by Crippen LogP contribution is -2.37. The van der Waals surface area contributed by atoms with E-state index in [0.717, 1.165) is 11.1 Å². The number of aryl methyl sites for hydroxylation is 2. The van der Waals surface area contributed by atoms with Crippen LogP contribution in [0, 0.1) is 20.8 Å². The van der Waals surface area contributed by atoms with Crippen molar-refractivity contribution in [3.63, 3.8) is 0 Å². The number of carbonyl (C=O) groups excluding carboxylic acids is 3. The maximum Gasteiger partial charge on any atom is 0.342 e. The second-order valence-corrected chi connectivity index (χ2v) is 6.62. The van der Waals surface area contributed by atoms with E-state index in [-0.39, 0.29) is 5.56 Å². The number of pyridine rings is 1. The molecule has 9 heteroatoms. The van der Waals surface area contributed by atoms with E-state index >= 15 is 0 Å². The van der Waals surface area contributed by atoms with Crippen LogP contribution in [-0.2, 0) is 9.53 Å². The molecule has 0 atom stereocenters. The molecular weight excluding hydrogens is 386 g/mol. The van der Waals surface area contributed by atoms with Crippen molar-refractivity contribution in [1.82, 2.24) is 20.1 Å². The first-order chi connectivity index (χ1) is 14.3. The summed E-state index contributed by atoms with van der Waals surface area (Å²) in [4.78, 5) is 40.3. The molecule has 0 saturated carbocycles. The number of nitrogens with one attached hydrogen (secondary N) is 2. The Morgan fingerprint density at radius 2 is 1.87 bits per heavy atom. The first kappa shape index (κ1) is 20.7. The Kier molecular flexibility index (Phi) is 6.21. The van der Waals surface area contributed by atoms with Crippen molar-refractivity contribution >= 4 is 23.6 Å². The number of imide groups is 1. The molecule has 3 aromatic rings. The van der Waals surface area contributed by atoms with E-state index in [2.05, 4.69) is 20.7 Å². The Hall–Kier alpha value is -4.01. The third-order valence-corrected chi connectivity index (χ3v) is 4.45. The van der Waals surface area contributed by atoms with Crippen molar-refractivity contribution in [1.29, 1.82) is 0 Å². The van der Waals surface area contributed by atoms with Crippen molar-refractivity contribution in [3.8, 4) is 5.82 Å². The van der Waals surface area contributed by atoms with Crippen LogP contribution in [-0.4, -0.2) is 39.3 Å². The second kappa shape index (κ2) is 8.99. The summed E-state index contributed by atoms with van der Waals surface area (Å²) in [6, 6.07) is 9.99. The number of urea groups is 1. The number of carbonyl (C=O) groups is 3. The molecule has 0 unspecified atom stereocenters. The van der Waals surface area contributed by atoms with Crippen molar-refractivity contribution in [2.24, 2.45) is 0 Å². The topological polar surface area (TPSA) is 115 Å². The van der Waals surface area contributed by atoms with Gasteiger partial charge in [-0.3, -0.25) is 10.1 Å². The minimum Gasteiger partial charge on any atom is -0.452 e. The molecule has 2 aromatic heterocycles. The van der Waals surface area contributed by atoms with Gasteiger partial charge in [0.15, 0.2) is 12.4 Å². The minimum atomic E-state index is -0.751. The van der Waals surface area contributed by atoms with Crippen LogP contribution in [0.5, 0.6) is 0 Å². The van der Waals surface area contributed by atoms with E-state index in [1.807, 2.05) is 19.9 Å². The summed E-state index contributed by atoms with van der Waals surface area (Å²) in [7, 11) is 0. The molecule has 0 fully saturated rings. The van der Waals surface area contributed by atoms with Gasteiger partial charge >= 0.3 is 12.0 Å². The van der Waals surface area contributed by atoms with E-state index < -0.39 is 24.5 Å². The van der Waals surface area contributed by atoms with Crippen LogP contribution in [0.1, 0.15) is 27.2 Å². The van der Waals surface area contributed by atoms with Gasteiger partial charge in [0.05, 0.1) is 11.9 Å². The Balaban J connectivity index is 1.53. The molecule has 3 amide bonds. The lowest BCUT2D eigenvalue weighted by Gasteiger charge is -2.09. The zero-order valence-electron chi connectivity index (χ0n) is 16.8. The van der Waals surface area contributed by atoms with Gasteiger partial charge in [-0.25, -0.2) is 19.3 Å². The molecule has 0 aliphatic carbocycles. The van der Waals surface area contributed by atoms with Crippen LogP contribution in [0.3, 0.4) is 0 Å². The van der Waals surface area contributed by atoms with Gasteiger partial charge in [-0.1, -0.05) is 12.1 Å². The largest absolute Gasteiger partial charge is 0.452 e. The number of ether oxygens (including phenoxy) is 1. The highest BCUT2D eigenvalue weighted by atomic mass is 16.5. The van der Waals surface area contributed by atoms with Gasteiger partial charge in [-0.2, -0.15) is 5.10 Å². The molecule has 1 aromatic carbocycles. The number of aromatic nitrogens is 3. The molecule has 0 bridgehead atoms. The first-order valence-corrected chi connectivity index (χ1v) is 9.16. The number of nitrogens with zero attached hydrogens (tertiary/aromatic N) is 3. The van der Waals surface area contributed by atoms with E-state index in [4.69, 9.17) is 4.74 Å². The summed E-state index contributed by atoms with van der Waals surface area (Å²) in [6.07, 6.45) is 2.96. The monoisotopic (exact) mass is 407 g/mol. The average Bonchev–Trinajstić information content (AvgIpc) is 3.11. The molecule has 0 aliphatic rings. The van der Waals surface area contributed by atoms with Crippen molar-refractivity contribution in [3.05, 3.63) is 71.2 Å². The molecule has 2 heterocycles. The highest BCUT2D eigenvalue weighted by Crippen LogP contribution is 2.14. The lowest BCUT2D eigenvalue weighted by molar-refractivity contribution is -0.123. The molecule has 0 saturated heterocycles. The van der Waals surface area contributed by atoms with Crippen LogP contribution < -0.4 is 10.6 Å². The summed E-state index contributed by atoms with van der Waals surface area (Å²) in [5.74, 6) is -0.923. The van der Waals surface area contributed by atoms with Crippen LogP contribution in [0.25, 0.3) is 5.82 Å². The molecule has 9 nitrogen and oxygen atoms in total. The number of hydrogen-bond donors (Lipinski definition) is 2. The maximum atomic E-state index is 12.3. The van der Waals surface area contributed by atoms with Gasteiger partial charge in [-0.05, 0) is 56.2 Å². The van der Waals surface area contributed by atoms with Crippen LogP contribution >= 0.6 is 0 Å². The van der Waals surface area contributed by atoms with E-state index in [9.17, 15) is 14.4 Å². The predicted octanol–water partition coefficient (Wildman–Crippen LogP) is 2.70. The zero-order chi connectivity index (χ0) is 21.7. The number of amides is 3. The van der Waals surface area contributed by atoms with Crippen LogP contribution in [0.4, 0.5) is 10.5 Å². The fraction of sp³-hybridized carbons (Fsp3) is 0.190. The highest BCUT2D eigenvalue weighted by molar-refractivity contribution is 6.02. The normalized spacial score (nSPS) is 10.4. The molecule has 3 rings (SSSR count). The van der Waals surface area contributed by atoms with Crippen LogP contribution in [0.2, 0.25) is 0 Å². The van der Waals surface area contributed by atoms with Gasteiger partial charge < -0.3 is 10.1 Å². The molecule has 0 spiro atoms. The summed E-state index contributed by atoms with van der Waals surface area (Å²) in [5, 5.41) is 8.81. The van der Waals surface area contributed by atoms with E-state index in [0.29, 0.717) is 17.2 Å². The summed E-state index contributed by atoms with van der Waals surface area (Å²) in [5.41, 5.74) is 3.37. The summed E-state index contributed by atoms with van der Waals surface area (Å²) in [6.45, 7) is 4.96. The molecular formula is C21H21N5O4. The number of hydrogen-bond acceptors (Lipinski definition) is 6. The number of esters is 1. The third kappa shape index (κ3) is 4.88. The van der Waals surface area contributed by atoms with Gasteiger partial charge in [0.1, 0.15) is 5.56 Å². The van der Waals surface area contributed by atoms with E-state index in [1.54, 1.807) is 43.5 Å². The predicted molar refractivity (Wildman–Crippen MR) is 109 cm³/mol. The van der Waals surface area contributed by atoms with E-state index in [1.165, 1.54) is 10.9 Å². The molecule has 30 heavy (non-hydrogen) atoms. The molecule has 0 aliphatic heterocycles. The Labute approximate surface area is 173 Å². The Morgan fingerprint density at radius 1 is 1.07 bits per heavy atom. The van der Waals surface area contributed by atoms with Crippen LogP contribution in [0.15, 0.2) is 48.8 Å². The minimum absolute atomic E-state index is 0.202. The van der Waals surface area contributed by atoms with Crippen molar-refractivity contribution in [2.45, 2.75) is 20.8 Å². The number of benzene rings is 1. The zero-order valence-corrected chi connectivity index (χ0v) is 16.8. The fourth-order valence-corrected chi connectivity index (χ4v) is 2.67. The fourth-order valence-electron chi connectivity index (χ4n) is 2.67. The van der Waals surface area contributed by atoms with Gasteiger partial charge in [-0.15, -0.1) is 0 Å². The number of rotatable bonds is 5. The maximum absolute atomic E-state index is 12.3. The number of anilines is 1. The third-order valence-electron chi connectivity index (χ3n) is 4.45. The Morgan fingerprint density at radius 3 is 2.57 bits per heavy atom. The van der Waals surface area contributed by atoms with Crippen molar-refractivity contribution < 1.29 is 19.1 Å². The molecule has 2 N–H and O–H groups in total. The Bertz CT molecular complexity index is 1090. The van der Waals surface area contributed by atoms with Gasteiger partial charge in [0.25, 0.3) is 5.91 Å². The van der Waals surface area contributed by atoms with Gasteiger partial charge in [0, 0.05) is 11.9 Å². The average molecular weight is 407 g/mol. The first-order valence-electron chi connectivity index (χ1n) is 9.16. The molecule has 0 radical (unpaired) electrons. The summed E-state index contributed by atoms with van der Waals surface area (Å²) < 4.78 is 6.49. The lowest BCUT2D eigenvalue weighted by atomic mass is 10.1. The standard InChI is InChI=1S/C21H21N5O4/c1-13-7-8-16(10-14(13)2)24-21(29)25-19(27)12-30-20(28)17-11-23-26(15(17)3)18-6-4-5-9-22-18/h4-11H,12H2,1-3H3,(H2,24,25,27,29). The SMILES string of the molecule is Cc1ccc(NC(=O)NC(=O)COC(=O)c2cnn(-c3ccccn3)c2C)cc1C. The molecule has 154 valence electrons. The smallest absolute Gasteiger partial charge is 0.342 e. The van der Waals surface area contributed by atoms with Gasteiger partial charge in [0.2, 0.25) is 0 Å². The van der Waals surface area contributed by atoms with Crippen molar-refractivity contribution in [2.75, 3.05) is 11.9 Å². The summed E-state index contributed by atoms with van der Waals surface area (Å²) >= 11 is 0. The highest BCUT2D eigenvalue weighted by Gasteiger charge is 2.18. The quantitative estimate of drug-likeness (QED) is 0.629.